The number of fused-ring (bicyclic) bond motifs is 2. The van der Waals surface area contributed by atoms with Gasteiger partial charge in [-0.1, -0.05) is 11.2 Å². The summed E-state index contributed by atoms with van der Waals surface area (Å²) in [4.78, 5) is 0. The van der Waals surface area contributed by atoms with E-state index in [9.17, 15) is 0 Å². The van der Waals surface area contributed by atoms with Crippen LogP contribution in [0.25, 0.3) is 6.08 Å². The first-order chi connectivity index (χ1) is 7.42. The molecule has 15 heavy (non-hydrogen) atoms. The van der Waals surface area contributed by atoms with Crippen molar-refractivity contribution in [3.05, 3.63) is 24.1 Å². The molecule has 2 aliphatic heterocycles. The van der Waals surface area contributed by atoms with Crippen LogP contribution in [0.15, 0.2) is 22.9 Å². The third kappa shape index (κ3) is 1.84. The second-order valence-electron chi connectivity index (χ2n) is 4.56. The Kier molecular flexibility index (Phi) is 2.33. The predicted molar refractivity (Wildman–Crippen MR) is 58.2 cm³/mol. The van der Waals surface area contributed by atoms with Gasteiger partial charge in [0.2, 0.25) is 0 Å². The molecule has 1 aromatic rings. The summed E-state index contributed by atoms with van der Waals surface area (Å²) >= 11 is 0. The van der Waals surface area contributed by atoms with Crippen molar-refractivity contribution in [2.75, 3.05) is 0 Å². The average molecular weight is 204 g/mol. The van der Waals surface area contributed by atoms with Crippen molar-refractivity contribution in [1.82, 2.24) is 10.5 Å². The molecule has 3 unspecified atom stereocenters. The zero-order valence-corrected chi connectivity index (χ0v) is 8.73. The highest BCUT2D eigenvalue weighted by Crippen LogP contribution is 2.32. The van der Waals surface area contributed by atoms with Crippen LogP contribution < -0.4 is 5.32 Å². The van der Waals surface area contributed by atoms with Gasteiger partial charge in [-0.25, -0.2) is 0 Å². The Morgan fingerprint density at radius 3 is 3.13 bits per heavy atom. The van der Waals surface area contributed by atoms with Crippen LogP contribution in [0, 0.1) is 5.92 Å². The van der Waals surface area contributed by atoms with Gasteiger partial charge in [0.1, 0.15) is 0 Å². The molecule has 0 saturated carbocycles. The number of nitrogens with zero attached hydrogens (tertiary/aromatic N) is 1. The maximum absolute atomic E-state index is 5.05. The van der Waals surface area contributed by atoms with Crippen LogP contribution in [0.2, 0.25) is 0 Å². The van der Waals surface area contributed by atoms with E-state index < -0.39 is 0 Å². The van der Waals surface area contributed by atoms with Crippen LogP contribution in [-0.2, 0) is 0 Å². The van der Waals surface area contributed by atoms with Gasteiger partial charge in [-0.2, -0.15) is 0 Å². The lowest BCUT2D eigenvalue weighted by molar-refractivity contribution is 0.338. The van der Waals surface area contributed by atoms with Gasteiger partial charge in [-0.3, -0.25) is 0 Å². The van der Waals surface area contributed by atoms with Crippen molar-refractivity contribution in [1.29, 1.82) is 0 Å². The Morgan fingerprint density at radius 2 is 2.27 bits per heavy atom. The molecule has 2 bridgehead atoms. The van der Waals surface area contributed by atoms with Crippen LogP contribution in [0.1, 0.15) is 31.4 Å². The molecule has 3 nitrogen and oxygen atoms in total. The zero-order valence-electron chi connectivity index (χ0n) is 8.73. The van der Waals surface area contributed by atoms with Crippen LogP contribution in [0.3, 0.4) is 0 Å². The molecule has 0 aliphatic carbocycles. The van der Waals surface area contributed by atoms with Crippen LogP contribution in [0.5, 0.6) is 0 Å². The third-order valence-corrected chi connectivity index (χ3v) is 3.61. The fourth-order valence-corrected chi connectivity index (χ4v) is 2.77. The van der Waals surface area contributed by atoms with Gasteiger partial charge in [-0.15, -0.1) is 0 Å². The number of piperidine rings is 1. The minimum absolute atomic E-state index is 0.675. The van der Waals surface area contributed by atoms with E-state index in [-0.39, 0.29) is 0 Å². The van der Waals surface area contributed by atoms with E-state index in [4.69, 9.17) is 4.52 Å². The lowest BCUT2D eigenvalue weighted by atomic mass is 9.91. The SMILES string of the molecule is C(=CC1CCC2CCC1N2)c1ccno1. The molecule has 1 aromatic heterocycles. The molecule has 0 aromatic carbocycles. The summed E-state index contributed by atoms with van der Waals surface area (Å²) in [6.45, 7) is 0. The number of hydrogen-bond donors (Lipinski definition) is 1. The normalized spacial score (nSPS) is 35.1. The highest BCUT2D eigenvalue weighted by atomic mass is 16.5. The monoisotopic (exact) mass is 204 g/mol. The van der Waals surface area contributed by atoms with Crippen LogP contribution >= 0.6 is 0 Å². The molecule has 1 N–H and O–H groups in total. The minimum atomic E-state index is 0.675. The summed E-state index contributed by atoms with van der Waals surface area (Å²) in [5, 5.41) is 7.36. The summed E-state index contributed by atoms with van der Waals surface area (Å²) in [7, 11) is 0. The van der Waals surface area contributed by atoms with Crippen LogP contribution in [-0.4, -0.2) is 17.2 Å². The minimum Gasteiger partial charge on any atom is -0.357 e. The first-order valence-corrected chi connectivity index (χ1v) is 5.77. The zero-order chi connectivity index (χ0) is 10.1. The fraction of sp³-hybridized carbons (Fsp3) is 0.583. The maximum atomic E-state index is 5.05. The summed E-state index contributed by atoms with van der Waals surface area (Å²) in [5.41, 5.74) is 0. The Morgan fingerprint density at radius 1 is 1.33 bits per heavy atom. The summed E-state index contributed by atoms with van der Waals surface area (Å²) < 4.78 is 5.05. The number of aromatic nitrogens is 1. The largest absolute Gasteiger partial charge is 0.357 e. The fourth-order valence-electron chi connectivity index (χ4n) is 2.77. The molecule has 2 aliphatic rings. The summed E-state index contributed by atoms with van der Waals surface area (Å²) in [5.74, 6) is 1.53. The van der Waals surface area contributed by atoms with E-state index in [1.807, 2.05) is 6.07 Å². The average Bonchev–Trinajstić information content (AvgIpc) is 2.88. The Bertz CT molecular complexity index is 345. The van der Waals surface area contributed by atoms with Crippen molar-refractivity contribution in [3.8, 4) is 0 Å². The number of nitrogens with one attached hydrogen (secondary N) is 1. The van der Waals surface area contributed by atoms with Crippen molar-refractivity contribution in [2.45, 2.75) is 37.8 Å². The van der Waals surface area contributed by atoms with E-state index in [1.165, 1.54) is 25.7 Å². The Hall–Kier alpha value is -1.09. The molecule has 0 spiro atoms. The molecule has 3 rings (SSSR count). The van der Waals surface area contributed by atoms with Gasteiger partial charge in [0, 0.05) is 18.2 Å². The van der Waals surface area contributed by atoms with Gasteiger partial charge in [0.15, 0.2) is 5.76 Å². The van der Waals surface area contributed by atoms with Gasteiger partial charge >= 0.3 is 0 Å². The van der Waals surface area contributed by atoms with E-state index in [2.05, 4.69) is 22.6 Å². The lowest BCUT2D eigenvalue weighted by Gasteiger charge is -2.27. The highest BCUT2D eigenvalue weighted by molar-refractivity contribution is 5.42. The van der Waals surface area contributed by atoms with Crippen molar-refractivity contribution < 1.29 is 4.52 Å². The molecule has 3 heterocycles. The number of rotatable bonds is 2. The standard InChI is InChI=1S/C12H16N2O/c1-3-10-4-6-12(14-10)9(1)2-5-11-7-8-13-15-11/h2,5,7-10,12,14H,1,3-4,6H2. The van der Waals surface area contributed by atoms with Gasteiger partial charge in [0.05, 0.1) is 6.20 Å². The second-order valence-corrected chi connectivity index (χ2v) is 4.56. The first-order valence-electron chi connectivity index (χ1n) is 5.77. The molecular formula is C12H16N2O. The van der Waals surface area contributed by atoms with Gasteiger partial charge in [-0.05, 0) is 37.7 Å². The van der Waals surface area contributed by atoms with Crippen molar-refractivity contribution in [3.63, 3.8) is 0 Å². The van der Waals surface area contributed by atoms with Gasteiger partial charge < -0.3 is 9.84 Å². The Labute approximate surface area is 89.5 Å². The van der Waals surface area contributed by atoms with E-state index in [0.717, 1.165) is 11.8 Å². The molecular weight excluding hydrogens is 188 g/mol. The molecule has 3 atom stereocenters. The summed E-state index contributed by atoms with van der Waals surface area (Å²) in [6.07, 6.45) is 11.3. The molecule has 3 heteroatoms. The predicted octanol–water partition coefficient (Wildman–Crippen LogP) is 2.22. The van der Waals surface area contributed by atoms with E-state index >= 15 is 0 Å². The molecule has 2 saturated heterocycles. The topological polar surface area (TPSA) is 38.1 Å². The molecule has 2 fully saturated rings. The van der Waals surface area contributed by atoms with E-state index in [1.54, 1.807) is 6.20 Å². The molecule has 0 amide bonds. The smallest absolute Gasteiger partial charge is 0.159 e. The summed E-state index contributed by atoms with van der Waals surface area (Å²) in [6, 6.07) is 3.39. The third-order valence-electron chi connectivity index (χ3n) is 3.61. The van der Waals surface area contributed by atoms with E-state index in [0.29, 0.717) is 12.0 Å². The Balaban J connectivity index is 1.68. The van der Waals surface area contributed by atoms with Crippen molar-refractivity contribution >= 4 is 6.08 Å². The quantitative estimate of drug-likeness (QED) is 0.802. The maximum Gasteiger partial charge on any atom is 0.159 e. The van der Waals surface area contributed by atoms with Crippen LogP contribution in [0.4, 0.5) is 0 Å². The molecule has 80 valence electrons. The first kappa shape index (κ1) is 9.16. The second kappa shape index (κ2) is 3.81. The highest BCUT2D eigenvalue weighted by Gasteiger charge is 2.33. The molecule has 0 radical (unpaired) electrons. The number of hydrogen-bond acceptors (Lipinski definition) is 3. The van der Waals surface area contributed by atoms with Gasteiger partial charge in [0.25, 0.3) is 0 Å². The lowest BCUT2D eigenvalue weighted by Crippen LogP contribution is -2.39. The van der Waals surface area contributed by atoms with Crippen molar-refractivity contribution in [2.24, 2.45) is 5.92 Å².